The van der Waals surface area contributed by atoms with Gasteiger partial charge in [0.1, 0.15) is 6.61 Å². The van der Waals surface area contributed by atoms with E-state index >= 15 is 0 Å². The van der Waals surface area contributed by atoms with Crippen LogP contribution in [0.4, 0.5) is 0 Å². The Balaban J connectivity index is 1.50. The van der Waals surface area contributed by atoms with E-state index in [0.29, 0.717) is 39.7 Å². The highest BCUT2D eigenvalue weighted by molar-refractivity contribution is 7.99. The summed E-state index contributed by atoms with van der Waals surface area (Å²) in [5.74, 6) is 2.10. The van der Waals surface area contributed by atoms with E-state index < -0.39 is 0 Å². The highest BCUT2D eigenvalue weighted by atomic mass is 35.5. The first-order valence-corrected chi connectivity index (χ1v) is 11.6. The van der Waals surface area contributed by atoms with Crippen LogP contribution in [0.2, 0.25) is 15.1 Å². The number of rotatable bonds is 11. The van der Waals surface area contributed by atoms with Crippen LogP contribution in [-0.4, -0.2) is 39.6 Å². The number of aryl methyl sites for hydroxylation is 1. The normalized spacial score (nSPS) is 11.0. The van der Waals surface area contributed by atoms with Crippen LogP contribution in [0, 0.1) is 0 Å². The number of hydrogen-bond donors (Lipinski definition) is 1. The first-order valence-electron chi connectivity index (χ1n) is 9.47. The molecule has 0 fully saturated rings. The fourth-order valence-electron chi connectivity index (χ4n) is 2.70. The zero-order valence-corrected chi connectivity index (χ0v) is 20.2. The number of aromatic nitrogens is 4. The first kappa shape index (κ1) is 23.9. The van der Waals surface area contributed by atoms with Gasteiger partial charge in [0.05, 0.1) is 17.2 Å². The highest BCUT2D eigenvalue weighted by Gasteiger charge is 2.11. The van der Waals surface area contributed by atoms with Gasteiger partial charge in [0, 0.05) is 30.4 Å². The molecule has 0 aliphatic carbocycles. The maximum atomic E-state index is 6.47. The van der Waals surface area contributed by atoms with E-state index in [0.717, 1.165) is 35.0 Å². The molecule has 3 aromatic rings. The van der Waals surface area contributed by atoms with Crippen molar-refractivity contribution >= 4 is 46.6 Å². The molecule has 0 saturated carbocycles. The fraction of sp³-hybridized carbons (Fsp3) is 0.350. The second kappa shape index (κ2) is 11.8. The molecule has 1 N–H and O–H groups in total. The molecule has 0 unspecified atom stereocenters. The van der Waals surface area contributed by atoms with Gasteiger partial charge in [-0.1, -0.05) is 52.6 Å². The van der Waals surface area contributed by atoms with Crippen molar-refractivity contribution in [2.75, 3.05) is 19.4 Å². The summed E-state index contributed by atoms with van der Waals surface area (Å²) in [5, 5.41) is 17.2. The molecule has 0 saturated heterocycles. The molecule has 0 bridgehead atoms. The standard InChI is InChI=1S/C20H22Cl3N5O2S/c1-28-20(25-26-27-28)31-7-3-6-24-11-14-9-18(29-2)19(10-16(14)22)30-12-13-4-5-15(21)17(23)8-13/h4-5,8-10,24H,3,6-7,11-12H2,1-2H3. The lowest BCUT2D eigenvalue weighted by Gasteiger charge is -2.14. The Morgan fingerprint density at radius 2 is 1.90 bits per heavy atom. The fourth-order valence-corrected chi connectivity index (χ4v) is 4.03. The van der Waals surface area contributed by atoms with E-state index in [9.17, 15) is 0 Å². The summed E-state index contributed by atoms with van der Waals surface area (Å²) in [6.07, 6.45) is 0.969. The molecular weight excluding hydrogens is 481 g/mol. The largest absolute Gasteiger partial charge is 0.493 e. The highest BCUT2D eigenvalue weighted by Crippen LogP contribution is 2.34. The third-order valence-electron chi connectivity index (χ3n) is 4.34. The summed E-state index contributed by atoms with van der Waals surface area (Å²) in [6.45, 7) is 1.78. The molecule has 0 aliphatic rings. The smallest absolute Gasteiger partial charge is 0.209 e. The number of halogens is 3. The number of tetrazole rings is 1. The van der Waals surface area contributed by atoms with Crippen molar-refractivity contribution in [2.24, 2.45) is 7.05 Å². The molecule has 0 spiro atoms. The Morgan fingerprint density at radius 3 is 2.61 bits per heavy atom. The second-order valence-electron chi connectivity index (χ2n) is 6.60. The van der Waals surface area contributed by atoms with Crippen molar-refractivity contribution in [3.63, 3.8) is 0 Å². The van der Waals surface area contributed by atoms with Gasteiger partial charge in [-0.2, -0.15) is 0 Å². The molecule has 31 heavy (non-hydrogen) atoms. The van der Waals surface area contributed by atoms with Gasteiger partial charge in [0.15, 0.2) is 11.5 Å². The second-order valence-corrected chi connectivity index (χ2v) is 8.88. The average molecular weight is 503 g/mol. The lowest BCUT2D eigenvalue weighted by Crippen LogP contribution is -2.16. The van der Waals surface area contributed by atoms with E-state index in [2.05, 4.69) is 20.8 Å². The number of methoxy groups -OCH3 is 1. The first-order chi connectivity index (χ1) is 15.0. The van der Waals surface area contributed by atoms with Gasteiger partial charge in [-0.25, -0.2) is 4.68 Å². The lowest BCUT2D eigenvalue weighted by atomic mass is 10.2. The van der Waals surface area contributed by atoms with Gasteiger partial charge >= 0.3 is 0 Å². The van der Waals surface area contributed by atoms with Crippen LogP contribution in [0.5, 0.6) is 11.5 Å². The molecule has 0 atom stereocenters. The van der Waals surface area contributed by atoms with Crippen LogP contribution in [0.1, 0.15) is 17.5 Å². The number of hydrogen-bond acceptors (Lipinski definition) is 7. The van der Waals surface area contributed by atoms with Crippen LogP contribution in [-0.2, 0) is 20.2 Å². The van der Waals surface area contributed by atoms with Gasteiger partial charge in [-0.3, -0.25) is 0 Å². The van der Waals surface area contributed by atoms with Crippen molar-refractivity contribution in [1.29, 1.82) is 0 Å². The predicted octanol–water partition coefficient (Wildman–Crippen LogP) is 5.03. The molecule has 166 valence electrons. The van der Waals surface area contributed by atoms with Gasteiger partial charge in [-0.05, 0) is 52.7 Å². The Hall–Kier alpha value is -1.71. The van der Waals surface area contributed by atoms with Gasteiger partial charge in [0.2, 0.25) is 5.16 Å². The number of nitrogens with zero attached hydrogens (tertiary/aromatic N) is 4. The SMILES string of the molecule is COc1cc(CNCCCSc2nnnn2C)c(Cl)cc1OCc1ccc(Cl)c(Cl)c1. The number of ether oxygens (including phenoxy) is 2. The van der Waals surface area contributed by atoms with Gasteiger partial charge < -0.3 is 14.8 Å². The van der Waals surface area contributed by atoms with Crippen LogP contribution in [0.3, 0.4) is 0 Å². The van der Waals surface area contributed by atoms with Crippen molar-refractivity contribution in [2.45, 2.75) is 24.7 Å². The maximum Gasteiger partial charge on any atom is 0.209 e. The predicted molar refractivity (Wildman–Crippen MR) is 125 cm³/mol. The quantitative estimate of drug-likeness (QED) is 0.291. The minimum Gasteiger partial charge on any atom is -0.493 e. The van der Waals surface area contributed by atoms with Crippen molar-refractivity contribution in [3.8, 4) is 11.5 Å². The van der Waals surface area contributed by atoms with E-state index in [4.69, 9.17) is 44.3 Å². The van der Waals surface area contributed by atoms with Crippen LogP contribution in [0.15, 0.2) is 35.5 Å². The van der Waals surface area contributed by atoms with Crippen molar-refractivity contribution in [1.82, 2.24) is 25.5 Å². The third-order valence-corrected chi connectivity index (χ3v) is 6.52. The van der Waals surface area contributed by atoms with Crippen molar-refractivity contribution in [3.05, 3.63) is 56.5 Å². The summed E-state index contributed by atoms with van der Waals surface area (Å²) < 4.78 is 13.0. The summed E-state index contributed by atoms with van der Waals surface area (Å²) >= 11 is 20.1. The zero-order chi connectivity index (χ0) is 22.2. The third kappa shape index (κ3) is 6.89. The zero-order valence-electron chi connectivity index (χ0n) is 17.1. The van der Waals surface area contributed by atoms with E-state index in [-0.39, 0.29) is 0 Å². The monoisotopic (exact) mass is 501 g/mol. The van der Waals surface area contributed by atoms with Gasteiger partial charge in [0.25, 0.3) is 0 Å². The Labute approximate surface area is 200 Å². The minimum atomic E-state index is 0.319. The molecule has 7 nitrogen and oxygen atoms in total. The number of benzene rings is 2. The molecule has 11 heteroatoms. The minimum absolute atomic E-state index is 0.319. The van der Waals surface area contributed by atoms with Gasteiger partial charge in [-0.15, -0.1) is 5.10 Å². The summed E-state index contributed by atoms with van der Waals surface area (Å²) in [7, 11) is 3.43. The molecule has 0 aliphatic heterocycles. The average Bonchev–Trinajstić information content (AvgIpc) is 3.17. The molecule has 0 radical (unpaired) electrons. The summed E-state index contributed by atoms with van der Waals surface area (Å²) in [5.41, 5.74) is 1.83. The molecule has 2 aromatic carbocycles. The lowest BCUT2D eigenvalue weighted by molar-refractivity contribution is 0.284. The molecule has 3 rings (SSSR count). The Morgan fingerprint density at radius 1 is 1.06 bits per heavy atom. The molecule has 0 amide bonds. The van der Waals surface area contributed by atoms with Crippen LogP contribution >= 0.6 is 46.6 Å². The topological polar surface area (TPSA) is 74.1 Å². The number of nitrogens with one attached hydrogen (secondary N) is 1. The Kier molecular flexibility index (Phi) is 9.10. The van der Waals surface area contributed by atoms with Crippen LogP contribution in [0.25, 0.3) is 0 Å². The molecule has 1 heterocycles. The Bertz CT molecular complexity index is 1020. The summed E-state index contributed by atoms with van der Waals surface area (Å²) in [4.78, 5) is 0. The number of thioether (sulfide) groups is 1. The van der Waals surface area contributed by atoms with E-state index in [1.54, 1.807) is 41.8 Å². The van der Waals surface area contributed by atoms with E-state index in [1.807, 2.05) is 19.2 Å². The molecular formula is C20H22Cl3N5O2S. The van der Waals surface area contributed by atoms with Crippen molar-refractivity contribution < 1.29 is 9.47 Å². The molecule has 1 aromatic heterocycles. The maximum absolute atomic E-state index is 6.47. The summed E-state index contributed by atoms with van der Waals surface area (Å²) in [6, 6.07) is 9.03. The van der Waals surface area contributed by atoms with E-state index in [1.165, 1.54) is 0 Å². The van der Waals surface area contributed by atoms with Crippen LogP contribution < -0.4 is 14.8 Å².